The number of hydrogen-bond donors (Lipinski definition) is 0. The fourth-order valence-electron chi connectivity index (χ4n) is 4.90. The molecule has 0 saturated heterocycles. The van der Waals surface area contributed by atoms with Crippen molar-refractivity contribution >= 4 is 0 Å². The zero-order valence-corrected chi connectivity index (χ0v) is 15.6. The average Bonchev–Trinajstić information content (AvgIpc) is 2.68. The second-order valence-electron chi connectivity index (χ2n) is 8.14. The topological polar surface area (TPSA) is 23.8 Å². The molecule has 0 N–H and O–H groups in total. The normalized spacial score (nSPS) is 29.3. The van der Waals surface area contributed by atoms with E-state index in [1.807, 2.05) is 24.3 Å². The fourth-order valence-corrected chi connectivity index (χ4v) is 4.90. The molecule has 2 aliphatic carbocycles. The molecule has 25 heavy (non-hydrogen) atoms. The molecule has 0 radical (unpaired) electrons. The molecule has 132 valence electrons. The molecule has 0 spiro atoms. The van der Waals surface area contributed by atoms with E-state index in [1.165, 1.54) is 64.2 Å². The van der Waals surface area contributed by atoms with Gasteiger partial charge in [-0.15, -0.1) is 0 Å². The monoisotopic (exact) mass is 333 g/mol. The highest BCUT2D eigenvalue weighted by Gasteiger charge is 2.30. The van der Waals surface area contributed by atoms with Crippen LogP contribution in [-0.2, 0) is 0 Å². The number of nitrogens with zero attached hydrogens (tertiary/aromatic N) is 1. The van der Waals surface area contributed by atoms with Crippen molar-refractivity contribution in [3.05, 3.63) is 35.4 Å². The molecule has 0 atom stereocenters. The molecule has 2 fully saturated rings. The number of hydrogen-bond acceptors (Lipinski definition) is 1. The molecule has 1 heteroatoms. The maximum absolute atomic E-state index is 8.85. The van der Waals surface area contributed by atoms with Crippen LogP contribution in [0.5, 0.6) is 0 Å². The first-order valence-corrected chi connectivity index (χ1v) is 10.3. The first kappa shape index (κ1) is 18.1. The zero-order valence-electron chi connectivity index (χ0n) is 15.6. The first-order chi connectivity index (χ1) is 12.3. The predicted molar refractivity (Wildman–Crippen MR) is 104 cm³/mol. The zero-order chi connectivity index (χ0) is 17.5. The number of nitriles is 1. The Morgan fingerprint density at radius 2 is 1.40 bits per heavy atom. The summed E-state index contributed by atoms with van der Waals surface area (Å²) in [6, 6.07) is 9.80. The summed E-state index contributed by atoms with van der Waals surface area (Å²) in [5.74, 6) is 10.4. The fraction of sp³-hybridized carbons (Fsp3) is 0.625. The molecule has 1 aromatic rings. The van der Waals surface area contributed by atoms with Gasteiger partial charge in [-0.3, -0.25) is 0 Å². The first-order valence-electron chi connectivity index (χ1n) is 10.3. The van der Waals surface area contributed by atoms with Crippen molar-refractivity contribution in [1.82, 2.24) is 0 Å². The third kappa shape index (κ3) is 5.12. The van der Waals surface area contributed by atoms with Gasteiger partial charge in [0.15, 0.2) is 0 Å². The summed E-state index contributed by atoms with van der Waals surface area (Å²) in [6.45, 7) is 2.33. The highest BCUT2D eigenvalue weighted by molar-refractivity contribution is 5.40. The lowest BCUT2D eigenvalue weighted by molar-refractivity contribution is 0.154. The Labute approximate surface area is 153 Å². The van der Waals surface area contributed by atoms with Gasteiger partial charge in [0, 0.05) is 11.5 Å². The van der Waals surface area contributed by atoms with E-state index in [0.29, 0.717) is 11.5 Å². The lowest BCUT2D eigenvalue weighted by atomic mass is 9.69. The molecule has 0 unspecified atom stereocenters. The third-order valence-electron chi connectivity index (χ3n) is 6.46. The summed E-state index contributed by atoms with van der Waals surface area (Å²) in [6.07, 6.45) is 14.1. The minimum atomic E-state index is 0.573. The second kappa shape index (κ2) is 9.10. The van der Waals surface area contributed by atoms with Crippen LogP contribution in [0.25, 0.3) is 0 Å². The Balaban J connectivity index is 1.45. The van der Waals surface area contributed by atoms with E-state index < -0.39 is 0 Å². The molecule has 0 aromatic heterocycles. The molecule has 0 amide bonds. The van der Waals surface area contributed by atoms with Crippen molar-refractivity contribution in [2.24, 2.45) is 23.7 Å². The van der Waals surface area contributed by atoms with Crippen LogP contribution < -0.4 is 0 Å². The second-order valence-corrected chi connectivity index (χ2v) is 8.14. The lowest BCUT2D eigenvalue weighted by Gasteiger charge is -2.37. The molecule has 0 bridgehead atoms. The van der Waals surface area contributed by atoms with Crippen LogP contribution in [0.15, 0.2) is 24.3 Å². The summed E-state index contributed by atoms with van der Waals surface area (Å²) in [4.78, 5) is 0. The van der Waals surface area contributed by atoms with Gasteiger partial charge in [-0.25, -0.2) is 0 Å². The Hall–Kier alpha value is -1.73. The van der Waals surface area contributed by atoms with E-state index >= 15 is 0 Å². The molecule has 1 nitrogen and oxygen atoms in total. The standard InChI is InChI=1S/C24H31N/c1-2-3-19-10-14-23(15-11-19)24-16-12-21(13-17-24)5-4-20-6-8-22(18-25)9-7-20/h6-9,19,21,23-24H,2-3,10-17H2,1H3. The summed E-state index contributed by atoms with van der Waals surface area (Å²) >= 11 is 0. The van der Waals surface area contributed by atoms with Gasteiger partial charge in [0.05, 0.1) is 11.6 Å². The molecule has 0 heterocycles. The van der Waals surface area contributed by atoms with Crippen molar-refractivity contribution in [2.75, 3.05) is 0 Å². The molecule has 2 aliphatic rings. The van der Waals surface area contributed by atoms with Crippen LogP contribution in [0.1, 0.15) is 82.3 Å². The summed E-state index contributed by atoms with van der Waals surface area (Å²) < 4.78 is 0. The Morgan fingerprint density at radius 1 is 0.840 bits per heavy atom. The molecule has 3 rings (SSSR count). The van der Waals surface area contributed by atoms with Crippen LogP contribution in [0.2, 0.25) is 0 Å². The van der Waals surface area contributed by atoms with E-state index in [4.69, 9.17) is 5.26 Å². The van der Waals surface area contributed by atoms with Gasteiger partial charge in [-0.05, 0) is 80.5 Å². The minimum Gasteiger partial charge on any atom is -0.192 e. The molecular formula is C24H31N. The highest BCUT2D eigenvalue weighted by Crippen LogP contribution is 2.42. The van der Waals surface area contributed by atoms with Gasteiger partial charge < -0.3 is 0 Å². The molecular weight excluding hydrogens is 302 g/mol. The maximum atomic E-state index is 8.85. The Morgan fingerprint density at radius 3 is 1.96 bits per heavy atom. The Bertz CT molecular complexity index is 623. The van der Waals surface area contributed by atoms with Crippen LogP contribution in [-0.4, -0.2) is 0 Å². The Kier molecular flexibility index (Phi) is 6.58. The minimum absolute atomic E-state index is 0.573. The largest absolute Gasteiger partial charge is 0.192 e. The van der Waals surface area contributed by atoms with E-state index in [9.17, 15) is 0 Å². The number of rotatable bonds is 3. The van der Waals surface area contributed by atoms with Crippen LogP contribution in [0.4, 0.5) is 0 Å². The quantitative estimate of drug-likeness (QED) is 0.593. The highest BCUT2D eigenvalue weighted by atomic mass is 14.3. The van der Waals surface area contributed by atoms with Crippen molar-refractivity contribution in [3.8, 4) is 17.9 Å². The SMILES string of the molecule is CCCC1CCC(C2CCC(C#Cc3ccc(C#N)cc3)CC2)CC1. The maximum Gasteiger partial charge on any atom is 0.0991 e. The van der Waals surface area contributed by atoms with E-state index in [2.05, 4.69) is 24.8 Å². The number of benzene rings is 1. The van der Waals surface area contributed by atoms with Gasteiger partial charge >= 0.3 is 0 Å². The van der Waals surface area contributed by atoms with Gasteiger partial charge in [0.25, 0.3) is 0 Å². The average molecular weight is 334 g/mol. The third-order valence-corrected chi connectivity index (χ3v) is 6.46. The van der Waals surface area contributed by atoms with Crippen molar-refractivity contribution in [1.29, 1.82) is 5.26 Å². The van der Waals surface area contributed by atoms with Gasteiger partial charge in [-0.1, -0.05) is 44.4 Å². The van der Waals surface area contributed by atoms with E-state index in [0.717, 1.165) is 23.3 Å². The summed E-state index contributed by atoms with van der Waals surface area (Å²) in [7, 11) is 0. The molecule has 2 saturated carbocycles. The van der Waals surface area contributed by atoms with Crippen LogP contribution >= 0.6 is 0 Å². The molecule has 1 aromatic carbocycles. The van der Waals surface area contributed by atoms with Crippen molar-refractivity contribution in [3.63, 3.8) is 0 Å². The summed E-state index contributed by atoms with van der Waals surface area (Å²) in [5.41, 5.74) is 1.75. The van der Waals surface area contributed by atoms with Crippen molar-refractivity contribution in [2.45, 2.75) is 71.1 Å². The lowest BCUT2D eigenvalue weighted by Crippen LogP contribution is -2.25. The predicted octanol–water partition coefficient (Wildman–Crippen LogP) is 6.32. The van der Waals surface area contributed by atoms with Gasteiger partial charge in [-0.2, -0.15) is 5.26 Å². The molecule has 0 aliphatic heterocycles. The van der Waals surface area contributed by atoms with Crippen LogP contribution in [0, 0.1) is 46.8 Å². The van der Waals surface area contributed by atoms with E-state index in [1.54, 1.807) is 0 Å². The van der Waals surface area contributed by atoms with Crippen LogP contribution in [0.3, 0.4) is 0 Å². The smallest absolute Gasteiger partial charge is 0.0991 e. The van der Waals surface area contributed by atoms with Gasteiger partial charge in [0.2, 0.25) is 0 Å². The van der Waals surface area contributed by atoms with Crippen molar-refractivity contribution < 1.29 is 0 Å². The summed E-state index contributed by atoms with van der Waals surface area (Å²) in [5, 5.41) is 8.85. The van der Waals surface area contributed by atoms with E-state index in [-0.39, 0.29) is 0 Å². The van der Waals surface area contributed by atoms with Gasteiger partial charge in [0.1, 0.15) is 0 Å².